The van der Waals surface area contributed by atoms with Crippen molar-refractivity contribution in [2.75, 3.05) is 30.1 Å². The molecule has 2 amide bonds. The smallest absolute Gasteiger partial charge is 0.240 e. The number of hydrogen-bond acceptors (Lipinski definition) is 8. The number of thioether (sulfide) groups is 1. The summed E-state index contributed by atoms with van der Waals surface area (Å²) in [4.78, 5) is 41.3. The maximum Gasteiger partial charge on any atom is 0.240 e. The van der Waals surface area contributed by atoms with Gasteiger partial charge in [0, 0.05) is 47.8 Å². The molecular formula is C36H37F2N3O6S. The molecule has 252 valence electrons. The van der Waals surface area contributed by atoms with Crippen LogP contribution in [-0.2, 0) is 14.4 Å². The SMILES string of the molecule is COc1cc2c(Oc3ccc(NC(=O)C4(C(=O)Nc5ccc(F)cc5)CC4)cc3F)ccnc2cc1OCCCCCCCSC(C)=O. The van der Waals surface area contributed by atoms with Crippen molar-refractivity contribution in [1.82, 2.24) is 4.98 Å². The van der Waals surface area contributed by atoms with Crippen molar-refractivity contribution in [3.63, 3.8) is 0 Å². The van der Waals surface area contributed by atoms with Gasteiger partial charge in [0.1, 0.15) is 17.0 Å². The first-order valence-electron chi connectivity index (χ1n) is 15.8. The number of carbonyl (C=O) groups excluding carboxylic acids is 3. The Morgan fingerprint density at radius 3 is 2.19 bits per heavy atom. The van der Waals surface area contributed by atoms with Crippen molar-refractivity contribution in [2.45, 2.75) is 51.9 Å². The third-order valence-corrected chi connectivity index (χ3v) is 8.87. The Bertz CT molecular complexity index is 1780. The summed E-state index contributed by atoms with van der Waals surface area (Å²) in [5, 5.41) is 6.02. The second kappa shape index (κ2) is 15.9. The molecule has 1 aromatic heterocycles. The van der Waals surface area contributed by atoms with E-state index in [1.54, 1.807) is 31.3 Å². The number of anilines is 2. The molecule has 1 heterocycles. The molecule has 48 heavy (non-hydrogen) atoms. The summed E-state index contributed by atoms with van der Waals surface area (Å²) in [7, 11) is 1.54. The highest BCUT2D eigenvalue weighted by Crippen LogP contribution is 2.47. The number of rotatable bonds is 16. The lowest BCUT2D eigenvalue weighted by molar-refractivity contribution is -0.131. The third kappa shape index (κ3) is 8.80. The minimum Gasteiger partial charge on any atom is -0.493 e. The Hall–Kier alpha value is -4.71. The normalized spacial score (nSPS) is 13.1. The highest BCUT2D eigenvalue weighted by atomic mass is 32.2. The fourth-order valence-electron chi connectivity index (χ4n) is 5.12. The van der Waals surface area contributed by atoms with E-state index in [9.17, 15) is 18.8 Å². The molecule has 9 nitrogen and oxygen atoms in total. The quantitative estimate of drug-likeness (QED) is 0.0900. The lowest BCUT2D eigenvalue weighted by Crippen LogP contribution is -2.35. The number of nitrogens with one attached hydrogen (secondary N) is 2. The van der Waals surface area contributed by atoms with Crippen molar-refractivity contribution >= 4 is 51.0 Å². The molecule has 4 aromatic rings. The predicted octanol–water partition coefficient (Wildman–Crippen LogP) is 8.28. The largest absolute Gasteiger partial charge is 0.493 e. The Labute approximate surface area is 281 Å². The molecule has 3 aromatic carbocycles. The molecule has 1 saturated carbocycles. The van der Waals surface area contributed by atoms with E-state index in [2.05, 4.69) is 15.6 Å². The third-order valence-electron chi connectivity index (χ3n) is 7.97. The molecule has 1 aliphatic carbocycles. The van der Waals surface area contributed by atoms with E-state index < -0.39 is 28.9 Å². The fraction of sp³-hybridized carbons (Fsp3) is 0.333. The lowest BCUT2D eigenvalue weighted by atomic mass is 10.0. The molecular weight excluding hydrogens is 640 g/mol. The average molecular weight is 678 g/mol. The number of fused-ring (bicyclic) bond motifs is 1. The van der Waals surface area contributed by atoms with E-state index in [4.69, 9.17) is 14.2 Å². The first kappa shape index (κ1) is 34.6. The maximum atomic E-state index is 15.2. The second-order valence-electron chi connectivity index (χ2n) is 11.5. The number of aromatic nitrogens is 1. The van der Waals surface area contributed by atoms with Crippen molar-refractivity contribution in [3.05, 3.63) is 78.5 Å². The van der Waals surface area contributed by atoms with Gasteiger partial charge in [-0.05, 0) is 74.2 Å². The van der Waals surface area contributed by atoms with Gasteiger partial charge < -0.3 is 24.8 Å². The molecule has 0 spiro atoms. The number of amides is 2. The van der Waals surface area contributed by atoms with Crippen LogP contribution in [0.15, 0.2) is 66.9 Å². The van der Waals surface area contributed by atoms with Crippen LogP contribution in [0.5, 0.6) is 23.0 Å². The van der Waals surface area contributed by atoms with E-state index >= 15 is 4.39 Å². The Kier molecular flexibility index (Phi) is 11.5. The van der Waals surface area contributed by atoms with Crippen molar-refractivity contribution in [2.24, 2.45) is 5.41 Å². The van der Waals surface area contributed by atoms with Crippen LogP contribution in [0, 0.1) is 17.0 Å². The highest BCUT2D eigenvalue weighted by Gasteiger charge is 2.56. The monoisotopic (exact) mass is 677 g/mol. The van der Waals surface area contributed by atoms with Crippen LogP contribution in [0.25, 0.3) is 10.9 Å². The van der Waals surface area contributed by atoms with E-state index in [1.165, 1.54) is 55.3 Å². The maximum absolute atomic E-state index is 15.2. The van der Waals surface area contributed by atoms with E-state index in [0.717, 1.165) is 43.9 Å². The van der Waals surface area contributed by atoms with Gasteiger partial charge >= 0.3 is 0 Å². The average Bonchev–Trinajstić information content (AvgIpc) is 3.88. The highest BCUT2D eigenvalue weighted by molar-refractivity contribution is 8.13. The number of ether oxygens (including phenoxy) is 3. The van der Waals surface area contributed by atoms with Gasteiger partial charge in [-0.1, -0.05) is 31.0 Å². The van der Waals surface area contributed by atoms with Gasteiger partial charge in [-0.25, -0.2) is 8.78 Å². The van der Waals surface area contributed by atoms with Crippen LogP contribution in [0.3, 0.4) is 0 Å². The molecule has 0 bridgehead atoms. The molecule has 2 N–H and O–H groups in total. The Morgan fingerprint density at radius 2 is 1.50 bits per heavy atom. The molecule has 0 aliphatic heterocycles. The van der Waals surface area contributed by atoms with Gasteiger partial charge in [-0.2, -0.15) is 0 Å². The minimum absolute atomic E-state index is 0.0742. The van der Waals surface area contributed by atoms with Crippen molar-refractivity contribution in [3.8, 4) is 23.0 Å². The lowest BCUT2D eigenvalue weighted by Gasteiger charge is -2.16. The van der Waals surface area contributed by atoms with Crippen molar-refractivity contribution in [1.29, 1.82) is 0 Å². The van der Waals surface area contributed by atoms with E-state index in [-0.39, 0.29) is 16.6 Å². The first-order valence-corrected chi connectivity index (χ1v) is 16.8. The topological polar surface area (TPSA) is 116 Å². The van der Waals surface area contributed by atoms with Gasteiger partial charge in [-0.3, -0.25) is 19.4 Å². The number of nitrogens with zero attached hydrogens (tertiary/aromatic N) is 1. The van der Waals surface area contributed by atoms with Crippen LogP contribution < -0.4 is 24.8 Å². The molecule has 0 unspecified atom stereocenters. The molecule has 0 saturated heterocycles. The van der Waals surface area contributed by atoms with Crippen LogP contribution in [0.2, 0.25) is 0 Å². The predicted molar refractivity (Wildman–Crippen MR) is 182 cm³/mol. The minimum atomic E-state index is -1.28. The number of methoxy groups -OCH3 is 1. The molecule has 0 atom stereocenters. The van der Waals surface area contributed by atoms with E-state index in [1.807, 2.05) is 0 Å². The second-order valence-corrected chi connectivity index (χ2v) is 12.8. The summed E-state index contributed by atoms with van der Waals surface area (Å²) in [6, 6.07) is 14.4. The van der Waals surface area contributed by atoms with Crippen LogP contribution >= 0.6 is 11.8 Å². The number of benzene rings is 3. The van der Waals surface area contributed by atoms with Gasteiger partial charge in [0.25, 0.3) is 0 Å². The molecule has 0 radical (unpaired) electrons. The number of pyridine rings is 1. The molecule has 1 fully saturated rings. The zero-order chi connectivity index (χ0) is 34.1. The number of carbonyl (C=O) groups is 3. The zero-order valence-corrected chi connectivity index (χ0v) is 27.6. The molecule has 12 heteroatoms. The van der Waals surface area contributed by atoms with Crippen molar-refractivity contribution < 1.29 is 37.4 Å². The van der Waals surface area contributed by atoms with Crippen LogP contribution in [-0.4, -0.2) is 41.4 Å². The standard InChI is InChI=1S/C36H37F2N3O6S/c1-23(42)48-19-7-5-3-4-6-18-46-33-22-29-27(21-32(33)45-2)30(14-17-39-29)47-31-13-12-26(20-28(31)38)41-35(44)36(15-16-36)34(43)40-25-10-8-24(37)9-11-25/h8-14,17,20-22H,3-7,15-16,18-19H2,1-2H3,(H,40,43)(H,41,44). The first-order chi connectivity index (χ1) is 23.2. The summed E-state index contributed by atoms with van der Waals surface area (Å²) >= 11 is 1.37. The van der Waals surface area contributed by atoms with Crippen LogP contribution in [0.1, 0.15) is 51.9 Å². The summed E-state index contributed by atoms with van der Waals surface area (Å²) in [5.41, 5.74) is -0.169. The Morgan fingerprint density at radius 1 is 0.812 bits per heavy atom. The number of unbranched alkanes of at least 4 members (excludes halogenated alkanes) is 4. The summed E-state index contributed by atoms with van der Waals surface area (Å²) in [5.74, 6) is -0.0655. The zero-order valence-electron chi connectivity index (χ0n) is 26.8. The number of halogens is 2. The van der Waals surface area contributed by atoms with Gasteiger partial charge in [0.15, 0.2) is 28.2 Å². The molecule has 1 aliphatic rings. The van der Waals surface area contributed by atoms with Gasteiger partial charge in [0.05, 0.1) is 19.2 Å². The summed E-state index contributed by atoms with van der Waals surface area (Å²) in [6.07, 6.45) is 7.27. The van der Waals surface area contributed by atoms with Crippen LogP contribution in [0.4, 0.5) is 20.2 Å². The van der Waals surface area contributed by atoms with E-state index in [0.29, 0.717) is 53.3 Å². The molecule has 5 rings (SSSR count). The van der Waals surface area contributed by atoms with Gasteiger partial charge in [0.2, 0.25) is 11.8 Å². The van der Waals surface area contributed by atoms with Gasteiger partial charge in [-0.15, -0.1) is 0 Å². The number of hydrogen-bond donors (Lipinski definition) is 2. The summed E-state index contributed by atoms with van der Waals surface area (Å²) in [6.45, 7) is 2.10. The summed E-state index contributed by atoms with van der Waals surface area (Å²) < 4.78 is 46.0. The fourth-order valence-corrected chi connectivity index (χ4v) is 5.75. The Balaban J connectivity index is 1.18.